The molecule has 2 aromatic heterocycles. The Morgan fingerprint density at radius 1 is 1.21 bits per heavy atom. The quantitative estimate of drug-likeness (QED) is 0.495. The number of hydrogen-bond acceptors (Lipinski definition) is 6. The lowest BCUT2D eigenvalue weighted by Gasteiger charge is -2.34. The van der Waals surface area contributed by atoms with Crippen LogP contribution in [0, 0.1) is 17.7 Å². The van der Waals surface area contributed by atoms with Crippen LogP contribution in [0.1, 0.15) is 42.4 Å². The molecule has 0 saturated carbocycles. The third-order valence-electron chi connectivity index (χ3n) is 5.38. The van der Waals surface area contributed by atoms with Crippen molar-refractivity contribution in [2.45, 2.75) is 39.0 Å². The van der Waals surface area contributed by atoms with E-state index in [-0.39, 0.29) is 29.6 Å². The fraction of sp³-hybridized carbons (Fsp3) is 0.333. The number of morpholine rings is 1. The Kier molecular flexibility index (Phi) is 8.29. The van der Waals surface area contributed by atoms with Crippen molar-refractivity contribution in [2.24, 2.45) is 0 Å². The number of carbonyl (C=O) groups is 2. The maximum Gasteiger partial charge on any atom is 0.410 e. The molecule has 38 heavy (non-hydrogen) atoms. The smallest absolute Gasteiger partial charge is 0.410 e. The third-order valence-corrected chi connectivity index (χ3v) is 5.65. The minimum absolute atomic E-state index is 0.0128. The van der Waals surface area contributed by atoms with Gasteiger partial charge < -0.3 is 19.7 Å². The average Bonchev–Trinajstić information content (AvgIpc) is 3.23. The van der Waals surface area contributed by atoms with Crippen molar-refractivity contribution in [2.75, 3.05) is 25.0 Å². The molecule has 0 aliphatic carbocycles. The molecule has 0 radical (unpaired) electrons. The highest BCUT2D eigenvalue weighted by atomic mass is 35.5. The number of pyridine rings is 1. The number of carbonyl (C=O) groups excluding carboxylic acids is 2. The van der Waals surface area contributed by atoms with Crippen molar-refractivity contribution in [1.82, 2.24) is 19.7 Å². The van der Waals surface area contributed by atoms with E-state index in [9.17, 15) is 14.0 Å². The van der Waals surface area contributed by atoms with Crippen molar-refractivity contribution in [3.63, 3.8) is 0 Å². The summed E-state index contributed by atoms with van der Waals surface area (Å²) in [7, 11) is 0. The van der Waals surface area contributed by atoms with E-state index in [1.807, 2.05) is 30.3 Å². The summed E-state index contributed by atoms with van der Waals surface area (Å²) in [5.41, 5.74) is 0.529. The third kappa shape index (κ3) is 7.09. The minimum Gasteiger partial charge on any atom is -0.444 e. The minimum atomic E-state index is -0.746. The predicted molar refractivity (Wildman–Crippen MR) is 139 cm³/mol. The van der Waals surface area contributed by atoms with Crippen LogP contribution in [-0.2, 0) is 16.0 Å². The fourth-order valence-electron chi connectivity index (χ4n) is 3.67. The molecule has 1 atom stereocenters. The van der Waals surface area contributed by atoms with Crippen molar-refractivity contribution in [1.29, 1.82) is 0 Å². The lowest BCUT2D eigenvalue weighted by atomic mass is 10.2. The fourth-order valence-corrected chi connectivity index (χ4v) is 3.90. The van der Waals surface area contributed by atoms with Gasteiger partial charge in [-0.1, -0.05) is 41.6 Å². The van der Waals surface area contributed by atoms with Gasteiger partial charge in [0.1, 0.15) is 11.3 Å². The molecule has 1 aromatic carbocycles. The molecule has 1 saturated heterocycles. The lowest BCUT2D eigenvalue weighted by molar-refractivity contribution is -0.0484. The van der Waals surface area contributed by atoms with Gasteiger partial charge in [0.15, 0.2) is 11.6 Å². The SMILES string of the molecule is CC(C)(C)OC(=O)N1CCOC(Cn2ncc(Cl)c2C(=O)Nc2ncc(C#Cc3ccccc3)cc2F)C1. The van der Waals surface area contributed by atoms with E-state index in [0.717, 1.165) is 5.56 Å². The van der Waals surface area contributed by atoms with Crippen molar-refractivity contribution >= 4 is 29.4 Å². The first-order chi connectivity index (χ1) is 18.1. The maximum absolute atomic E-state index is 14.7. The van der Waals surface area contributed by atoms with Crippen LogP contribution in [0.25, 0.3) is 0 Å². The van der Waals surface area contributed by atoms with Crippen LogP contribution in [0.2, 0.25) is 5.02 Å². The second-order valence-corrected chi connectivity index (χ2v) is 9.97. The summed E-state index contributed by atoms with van der Waals surface area (Å²) < 4.78 is 27.3. The van der Waals surface area contributed by atoms with Gasteiger partial charge in [0.25, 0.3) is 5.91 Å². The van der Waals surface area contributed by atoms with Crippen LogP contribution in [0.5, 0.6) is 0 Å². The predicted octanol–water partition coefficient (Wildman–Crippen LogP) is 4.36. The summed E-state index contributed by atoms with van der Waals surface area (Å²) in [5.74, 6) is 4.07. The van der Waals surface area contributed by atoms with E-state index in [0.29, 0.717) is 18.7 Å². The zero-order valence-electron chi connectivity index (χ0n) is 21.2. The van der Waals surface area contributed by atoms with Crippen molar-refractivity contribution in [3.05, 3.63) is 76.5 Å². The summed E-state index contributed by atoms with van der Waals surface area (Å²) in [6.07, 6.45) is 1.78. The number of ether oxygens (including phenoxy) is 2. The van der Waals surface area contributed by atoms with Crippen molar-refractivity contribution < 1.29 is 23.5 Å². The summed E-state index contributed by atoms with van der Waals surface area (Å²) >= 11 is 6.24. The molecule has 1 aliphatic rings. The van der Waals surface area contributed by atoms with Crippen LogP contribution in [0.3, 0.4) is 0 Å². The summed E-state index contributed by atoms with van der Waals surface area (Å²) in [5, 5.41) is 6.69. The second-order valence-electron chi connectivity index (χ2n) is 9.57. The molecule has 0 bridgehead atoms. The van der Waals surface area contributed by atoms with E-state index in [1.54, 1.807) is 25.7 Å². The second kappa shape index (κ2) is 11.6. The van der Waals surface area contributed by atoms with Crippen LogP contribution < -0.4 is 5.32 Å². The van der Waals surface area contributed by atoms with Crippen LogP contribution in [0.15, 0.2) is 48.8 Å². The Balaban J connectivity index is 1.43. The molecule has 1 unspecified atom stereocenters. The van der Waals surface area contributed by atoms with E-state index >= 15 is 0 Å². The number of anilines is 1. The number of hydrogen-bond donors (Lipinski definition) is 1. The highest BCUT2D eigenvalue weighted by molar-refractivity contribution is 6.34. The molecule has 198 valence electrons. The van der Waals surface area contributed by atoms with Gasteiger partial charge in [-0.25, -0.2) is 14.2 Å². The molecule has 3 heterocycles. The molecule has 1 aliphatic heterocycles. The zero-order valence-corrected chi connectivity index (χ0v) is 22.0. The molecular weight excluding hydrogens is 513 g/mol. The first-order valence-electron chi connectivity index (χ1n) is 11.9. The number of nitrogens with zero attached hydrogens (tertiary/aromatic N) is 4. The van der Waals surface area contributed by atoms with Crippen molar-refractivity contribution in [3.8, 4) is 11.8 Å². The summed E-state index contributed by atoms with van der Waals surface area (Å²) in [4.78, 5) is 31.0. The Morgan fingerprint density at radius 2 is 1.95 bits per heavy atom. The number of halogens is 2. The molecule has 9 nitrogen and oxygen atoms in total. The Bertz CT molecular complexity index is 1380. The highest BCUT2D eigenvalue weighted by Crippen LogP contribution is 2.21. The van der Waals surface area contributed by atoms with Gasteiger partial charge >= 0.3 is 6.09 Å². The van der Waals surface area contributed by atoms with Crippen LogP contribution >= 0.6 is 11.6 Å². The highest BCUT2D eigenvalue weighted by Gasteiger charge is 2.30. The van der Waals surface area contributed by atoms with E-state index in [4.69, 9.17) is 21.1 Å². The Morgan fingerprint density at radius 3 is 2.66 bits per heavy atom. The van der Waals surface area contributed by atoms with Gasteiger partial charge in [-0.3, -0.25) is 9.48 Å². The lowest BCUT2D eigenvalue weighted by Crippen LogP contribution is -2.48. The molecule has 1 N–H and O–H groups in total. The van der Waals surface area contributed by atoms with Gasteiger partial charge in [0.05, 0.1) is 37.0 Å². The number of benzene rings is 1. The molecule has 11 heteroatoms. The summed E-state index contributed by atoms with van der Waals surface area (Å²) in [6.45, 7) is 6.45. The van der Waals surface area contributed by atoms with Gasteiger partial charge in [-0.2, -0.15) is 5.10 Å². The average molecular weight is 540 g/mol. The zero-order chi connectivity index (χ0) is 27.3. The number of aromatic nitrogens is 3. The van der Waals surface area contributed by atoms with Gasteiger partial charge in [-0.15, -0.1) is 0 Å². The first kappa shape index (κ1) is 27.1. The molecule has 0 spiro atoms. The number of amides is 2. The number of nitrogens with one attached hydrogen (secondary N) is 1. The molecular formula is C27H27ClFN5O4. The Labute approximate surface area is 224 Å². The van der Waals surface area contributed by atoms with E-state index in [2.05, 4.69) is 27.2 Å². The van der Waals surface area contributed by atoms with Crippen LogP contribution in [0.4, 0.5) is 15.0 Å². The largest absolute Gasteiger partial charge is 0.444 e. The molecule has 4 rings (SSSR count). The maximum atomic E-state index is 14.7. The molecule has 2 amide bonds. The summed E-state index contributed by atoms with van der Waals surface area (Å²) in [6, 6.07) is 10.5. The molecule has 3 aromatic rings. The normalized spacial score (nSPS) is 15.4. The monoisotopic (exact) mass is 539 g/mol. The van der Waals surface area contributed by atoms with Gasteiger partial charge in [0.2, 0.25) is 0 Å². The van der Waals surface area contributed by atoms with E-state index in [1.165, 1.54) is 23.1 Å². The van der Waals surface area contributed by atoms with Gasteiger partial charge in [-0.05, 0) is 39.0 Å². The van der Waals surface area contributed by atoms with Gasteiger partial charge in [0, 0.05) is 23.9 Å². The number of rotatable bonds is 4. The standard InChI is InChI=1S/C27H27ClFN5O4/c1-27(2,3)38-26(36)33-11-12-37-20(16-33)17-34-23(21(28)15-31-34)25(35)32-24-22(29)13-19(14-30-24)10-9-18-7-5-4-6-8-18/h4-8,13-15,20H,11-12,16-17H2,1-3H3,(H,30,32,35). The first-order valence-corrected chi connectivity index (χ1v) is 12.3. The van der Waals surface area contributed by atoms with Crippen LogP contribution in [-0.4, -0.2) is 63.1 Å². The Hall–Kier alpha value is -3.94. The molecule has 1 fully saturated rings. The topological polar surface area (TPSA) is 98.6 Å². The van der Waals surface area contributed by atoms with E-state index < -0.39 is 29.5 Å².